The Morgan fingerprint density at radius 3 is 2.70 bits per heavy atom. The molecule has 174 valence electrons. The number of carbonyl (C=O) groups excluding carboxylic acids is 2. The third-order valence-electron chi connectivity index (χ3n) is 5.54. The third kappa shape index (κ3) is 4.62. The number of likely N-dealkylation sites (tertiary alicyclic amines) is 1. The molecule has 0 saturated carbocycles. The molecule has 3 aromatic rings. The Bertz CT molecular complexity index is 1320. The van der Waals surface area contributed by atoms with Gasteiger partial charge in [0.15, 0.2) is 0 Å². The molecule has 3 amide bonds. The SMILES string of the molecule is CN(C)C(=O)[C@@H]1CCCN1C(=O)Nc1cccc(S(=O)(=O)Nc2cccc3c(Cl)c[nH]c23)c1. The van der Waals surface area contributed by atoms with Crippen molar-refractivity contribution in [2.24, 2.45) is 0 Å². The number of carbonyl (C=O) groups is 2. The number of nitrogens with one attached hydrogen (secondary N) is 3. The van der Waals surface area contributed by atoms with Crippen molar-refractivity contribution in [2.45, 2.75) is 23.8 Å². The zero-order valence-corrected chi connectivity index (χ0v) is 19.7. The van der Waals surface area contributed by atoms with E-state index in [0.29, 0.717) is 40.3 Å². The van der Waals surface area contributed by atoms with Gasteiger partial charge in [-0.2, -0.15) is 0 Å². The van der Waals surface area contributed by atoms with E-state index in [1.807, 2.05) is 0 Å². The van der Waals surface area contributed by atoms with Crippen molar-refractivity contribution in [3.63, 3.8) is 0 Å². The number of nitrogens with zero attached hydrogens (tertiary/aromatic N) is 2. The van der Waals surface area contributed by atoms with Crippen LogP contribution in [0.2, 0.25) is 5.02 Å². The lowest BCUT2D eigenvalue weighted by atomic mass is 10.2. The van der Waals surface area contributed by atoms with Gasteiger partial charge in [0.25, 0.3) is 10.0 Å². The summed E-state index contributed by atoms with van der Waals surface area (Å²) in [6.07, 6.45) is 2.91. The van der Waals surface area contributed by atoms with Crippen LogP contribution in [0, 0.1) is 0 Å². The van der Waals surface area contributed by atoms with Crippen molar-refractivity contribution in [3.8, 4) is 0 Å². The van der Waals surface area contributed by atoms with Gasteiger partial charge in [0, 0.05) is 37.9 Å². The Morgan fingerprint density at radius 2 is 1.94 bits per heavy atom. The minimum absolute atomic E-state index is 0.0164. The number of anilines is 2. The van der Waals surface area contributed by atoms with Crippen LogP contribution in [0.5, 0.6) is 0 Å². The molecule has 2 heterocycles. The smallest absolute Gasteiger partial charge is 0.322 e. The van der Waals surface area contributed by atoms with Crippen LogP contribution in [0.15, 0.2) is 53.6 Å². The van der Waals surface area contributed by atoms with Gasteiger partial charge in [-0.15, -0.1) is 0 Å². The van der Waals surface area contributed by atoms with Gasteiger partial charge < -0.3 is 20.1 Å². The lowest BCUT2D eigenvalue weighted by molar-refractivity contribution is -0.132. The number of rotatable bonds is 5. The first-order valence-corrected chi connectivity index (χ1v) is 12.2. The molecule has 1 atom stereocenters. The number of aromatic amines is 1. The molecule has 0 spiro atoms. The second-order valence-electron chi connectivity index (χ2n) is 8.01. The molecule has 1 aromatic heterocycles. The zero-order valence-electron chi connectivity index (χ0n) is 18.1. The third-order valence-corrected chi connectivity index (χ3v) is 7.22. The van der Waals surface area contributed by atoms with E-state index in [4.69, 9.17) is 11.6 Å². The standard InChI is InChI=1S/C22H24ClN5O4S/c1-27(2)21(29)19-10-5-11-28(19)22(30)25-14-6-3-7-15(12-14)33(31,32)26-18-9-4-8-16-17(23)13-24-20(16)18/h3-4,6-9,12-13,19,24,26H,5,10-11H2,1-2H3,(H,25,30)/t19-/m0/s1. The number of aromatic nitrogens is 1. The van der Waals surface area contributed by atoms with Gasteiger partial charge in [0.2, 0.25) is 5.91 Å². The predicted octanol–water partition coefficient (Wildman–Crippen LogP) is 3.71. The summed E-state index contributed by atoms with van der Waals surface area (Å²) in [4.78, 5) is 31.1. The number of fused-ring (bicyclic) bond motifs is 1. The average molecular weight is 490 g/mol. The molecule has 9 nitrogen and oxygen atoms in total. The van der Waals surface area contributed by atoms with Crippen molar-refractivity contribution in [3.05, 3.63) is 53.7 Å². The van der Waals surface area contributed by atoms with Crippen LogP contribution in [0.3, 0.4) is 0 Å². The van der Waals surface area contributed by atoms with Gasteiger partial charge >= 0.3 is 6.03 Å². The molecule has 11 heteroatoms. The van der Waals surface area contributed by atoms with Crippen LogP contribution in [-0.2, 0) is 14.8 Å². The second kappa shape index (κ2) is 8.95. The summed E-state index contributed by atoms with van der Waals surface area (Å²) in [7, 11) is -0.642. The number of likely N-dealkylation sites (N-methyl/N-ethyl adjacent to an activating group) is 1. The monoisotopic (exact) mass is 489 g/mol. The minimum atomic E-state index is -3.95. The first-order chi connectivity index (χ1) is 15.7. The Labute approximate surface area is 196 Å². The summed E-state index contributed by atoms with van der Waals surface area (Å²) in [6, 6.07) is 10.1. The van der Waals surface area contributed by atoms with E-state index in [-0.39, 0.29) is 10.8 Å². The lowest BCUT2D eigenvalue weighted by Crippen LogP contribution is -2.47. The molecule has 1 fully saturated rings. The molecule has 3 N–H and O–H groups in total. The molecule has 0 aliphatic carbocycles. The van der Waals surface area contributed by atoms with E-state index in [1.165, 1.54) is 21.9 Å². The number of halogens is 1. The van der Waals surface area contributed by atoms with Gasteiger partial charge in [0.1, 0.15) is 6.04 Å². The van der Waals surface area contributed by atoms with Crippen LogP contribution in [-0.4, -0.2) is 61.8 Å². The van der Waals surface area contributed by atoms with Crippen LogP contribution < -0.4 is 10.0 Å². The molecular formula is C22H24ClN5O4S. The van der Waals surface area contributed by atoms with E-state index >= 15 is 0 Å². The van der Waals surface area contributed by atoms with Crippen LogP contribution >= 0.6 is 11.6 Å². The summed E-state index contributed by atoms with van der Waals surface area (Å²) in [5.41, 5.74) is 1.24. The maximum Gasteiger partial charge on any atom is 0.322 e. The summed E-state index contributed by atoms with van der Waals surface area (Å²) in [5, 5.41) is 3.91. The van der Waals surface area contributed by atoms with Crippen molar-refractivity contribution >= 4 is 55.8 Å². The van der Waals surface area contributed by atoms with Gasteiger partial charge in [-0.05, 0) is 37.1 Å². The van der Waals surface area contributed by atoms with E-state index in [1.54, 1.807) is 50.6 Å². The number of amides is 3. The quantitative estimate of drug-likeness (QED) is 0.506. The molecule has 33 heavy (non-hydrogen) atoms. The highest BCUT2D eigenvalue weighted by molar-refractivity contribution is 7.92. The molecule has 0 unspecified atom stereocenters. The first-order valence-electron chi connectivity index (χ1n) is 10.3. The van der Waals surface area contributed by atoms with E-state index in [2.05, 4.69) is 15.0 Å². The number of urea groups is 1. The largest absolute Gasteiger partial charge is 0.358 e. The number of H-pyrrole nitrogens is 1. The fourth-order valence-corrected chi connectivity index (χ4v) is 5.24. The Balaban J connectivity index is 1.53. The fraction of sp³-hybridized carbons (Fsp3) is 0.273. The van der Waals surface area contributed by atoms with Crippen molar-refractivity contribution < 1.29 is 18.0 Å². The molecule has 2 aromatic carbocycles. The van der Waals surface area contributed by atoms with E-state index < -0.39 is 22.1 Å². The Morgan fingerprint density at radius 1 is 1.18 bits per heavy atom. The zero-order chi connectivity index (χ0) is 23.8. The second-order valence-corrected chi connectivity index (χ2v) is 10.1. The number of benzene rings is 2. The highest BCUT2D eigenvalue weighted by atomic mass is 35.5. The predicted molar refractivity (Wildman–Crippen MR) is 128 cm³/mol. The highest BCUT2D eigenvalue weighted by Gasteiger charge is 2.35. The number of sulfonamides is 1. The molecule has 4 rings (SSSR count). The van der Waals surface area contributed by atoms with E-state index in [9.17, 15) is 18.0 Å². The first kappa shape index (κ1) is 22.9. The van der Waals surface area contributed by atoms with Gasteiger partial charge in [-0.1, -0.05) is 29.8 Å². The maximum atomic E-state index is 13.0. The molecule has 0 bridgehead atoms. The van der Waals surface area contributed by atoms with E-state index in [0.717, 1.165) is 6.42 Å². The van der Waals surface area contributed by atoms with Gasteiger partial charge in [0.05, 0.1) is 21.1 Å². The normalized spacial score (nSPS) is 16.1. The molecule has 1 aliphatic rings. The summed E-state index contributed by atoms with van der Waals surface area (Å²) < 4.78 is 28.6. The molecule has 0 radical (unpaired) electrons. The van der Waals surface area contributed by atoms with Crippen LogP contribution in [0.1, 0.15) is 12.8 Å². The maximum absolute atomic E-state index is 13.0. The lowest BCUT2D eigenvalue weighted by Gasteiger charge is -2.26. The van der Waals surface area contributed by atoms with Crippen LogP contribution in [0.25, 0.3) is 10.9 Å². The minimum Gasteiger partial charge on any atom is -0.358 e. The number of hydrogen-bond acceptors (Lipinski definition) is 4. The highest BCUT2D eigenvalue weighted by Crippen LogP contribution is 2.30. The molecular weight excluding hydrogens is 466 g/mol. The summed E-state index contributed by atoms with van der Waals surface area (Å²) >= 11 is 6.13. The fourth-order valence-electron chi connectivity index (χ4n) is 3.91. The average Bonchev–Trinajstić information content (AvgIpc) is 3.41. The Kier molecular flexibility index (Phi) is 6.22. The molecule has 1 aliphatic heterocycles. The number of para-hydroxylation sites is 1. The summed E-state index contributed by atoms with van der Waals surface area (Å²) in [5.74, 6) is -0.137. The number of hydrogen-bond donors (Lipinski definition) is 3. The van der Waals surface area contributed by atoms with Crippen LogP contribution in [0.4, 0.5) is 16.2 Å². The van der Waals surface area contributed by atoms with Gasteiger partial charge in [-0.25, -0.2) is 13.2 Å². The van der Waals surface area contributed by atoms with Crippen molar-refractivity contribution in [2.75, 3.05) is 30.7 Å². The Hall–Kier alpha value is -3.24. The summed E-state index contributed by atoms with van der Waals surface area (Å²) in [6.45, 7) is 0.457. The van der Waals surface area contributed by atoms with Crippen molar-refractivity contribution in [1.82, 2.24) is 14.8 Å². The molecule has 1 saturated heterocycles. The van der Waals surface area contributed by atoms with Crippen molar-refractivity contribution in [1.29, 1.82) is 0 Å². The topological polar surface area (TPSA) is 115 Å². The van der Waals surface area contributed by atoms with Gasteiger partial charge in [-0.3, -0.25) is 9.52 Å².